The molecule has 0 heterocycles. The van der Waals surface area contributed by atoms with Gasteiger partial charge in [-0.2, -0.15) is 8.78 Å². The summed E-state index contributed by atoms with van der Waals surface area (Å²) in [6.07, 6.45) is -0.678. The molecule has 0 aliphatic carbocycles. The number of nitrogens with two attached hydrogens (primary N) is 2. The van der Waals surface area contributed by atoms with Crippen LogP contribution in [0.25, 0.3) is 6.08 Å². The lowest BCUT2D eigenvalue weighted by molar-refractivity contribution is -0.185. The second-order valence-corrected chi connectivity index (χ2v) is 7.87. The Bertz CT molecular complexity index is 1160. The molecule has 4 N–H and O–H groups in total. The second-order valence-electron chi connectivity index (χ2n) is 7.87. The van der Waals surface area contributed by atoms with Crippen LogP contribution in [0.2, 0.25) is 0 Å². The zero-order valence-electron chi connectivity index (χ0n) is 18.9. The third-order valence-corrected chi connectivity index (χ3v) is 5.19. The topological polar surface area (TPSA) is 87.6 Å². The van der Waals surface area contributed by atoms with Gasteiger partial charge in [0.15, 0.2) is 0 Å². The van der Waals surface area contributed by atoms with Gasteiger partial charge in [-0.3, -0.25) is 4.39 Å². The smallest absolute Gasteiger partial charge is 0.426 e. The molecule has 1 atom stereocenters. The van der Waals surface area contributed by atoms with Crippen LogP contribution in [0.5, 0.6) is 5.75 Å². The number of halogens is 3. The van der Waals surface area contributed by atoms with Gasteiger partial charge in [0.1, 0.15) is 5.75 Å². The summed E-state index contributed by atoms with van der Waals surface area (Å²) in [6, 6.07) is 16.2. The third kappa shape index (κ3) is 7.27. The van der Waals surface area contributed by atoms with Crippen LogP contribution in [-0.2, 0) is 22.1 Å². The molecule has 0 aromatic heterocycles. The number of ether oxygens (including phenoxy) is 2. The van der Waals surface area contributed by atoms with Crippen molar-refractivity contribution in [3.63, 3.8) is 0 Å². The van der Waals surface area contributed by atoms with E-state index < -0.39 is 18.8 Å². The van der Waals surface area contributed by atoms with Gasteiger partial charge in [-0.05, 0) is 66.1 Å². The zero-order valence-corrected chi connectivity index (χ0v) is 18.9. The molecule has 1 radical (unpaired) electrons. The van der Waals surface area contributed by atoms with E-state index in [9.17, 15) is 18.0 Å². The number of aryl methyl sites for hydroxylation is 1. The number of nitrogen functional groups attached to an aromatic ring is 2. The maximum Gasteiger partial charge on any atom is 0.426 e. The van der Waals surface area contributed by atoms with E-state index in [1.54, 1.807) is 18.2 Å². The van der Waals surface area contributed by atoms with Crippen molar-refractivity contribution in [2.45, 2.75) is 18.4 Å². The molecule has 1 unspecified atom stereocenters. The van der Waals surface area contributed by atoms with E-state index in [2.05, 4.69) is 6.92 Å². The molecular weight excluding hydrogens is 457 g/mol. The van der Waals surface area contributed by atoms with E-state index in [1.165, 1.54) is 60.7 Å². The Labute approximate surface area is 202 Å². The number of alkyl halides is 3. The average Bonchev–Trinajstić information content (AvgIpc) is 2.82. The molecule has 0 amide bonds. The number of hydrogen-bond acceptors (Lipinski definition) is 5. The quantitative estimate of drug-likeness (QED) is 0.221. The lowest BCUT2D eigenvalue weighted by Crippen LogP contribution is -2.21. The van der Waals surface area contributed by atoms with Gasteiger partial charge in [0.25, 0.3) is 0 Å². The first-order chi connectivity index (χ1) is 16.7. The molecule has 3 aromatic rings. The summed E-state index contributed by atoms with van der Waals surface area (Å²) in [5.74, 6) is -1.01. The Morgan fingerprint density at radius 1 is 1.03 bits per heavy atom. The maximum absolute atomic E-state index is 14.4. The highest BCUT2D eigenvalue weighted by Crippen LogP contribution is 2.32. The van der Waals surface area contributed by atoms with Crippen LogP contribution in [0.3, 0.4) is 0 Å². The van der Waals surface area contributed by atoms with E-state index in [-0.39, 0.29) is 30.3 Å². The van der Waals surface area contributed by atoms with Crippen LogP contribution in [-0.4, -0.2) is 19.3 Å². The Hall–Kier alpha value is -3.94. The number of carbonyl (C=O) groups is 1. The zero-order chi connectivity index (χ0) is 25.4. The molecule has 183 valence electrons. The lowest BCUT2D eigenvalue weighted by atomic mass is 10.00. The highest BCUT2D eigenvalue weighted by atomic mass is 19.3. The monoisotopic (exact) mass is 483 g/mol. The SMILES string of the molecule is [CH2]C(COC(=O)/C=C/c1ccc(OC(F)(F)c2ccc(CCF)cc2)cc1)c1ccc(N)cc1N. The van der Waals surface area contributed by atoms with Gasteiger partial charge in [-0.25, -0.2) is 4.79 Å². The van der Waals surface area contributed by atoms with Crippen molar-refractivity contribution in [1.82, 2.24) is 0 Å². The lowest BCUT2D eigenvalue weighted by Gasteiger charge is -2.18. The molecule has 3 rings (SSSR count). The largest absolute Gasteiger partial charge is 0.462 e. The van der Waals surface area contributed by atoms with Gasteiger partial charge >= 0.3 is 12.1 Å². The van der Waals surface area contributed by atoms with Gasteiger partial charge < -0.3 is 20.9 Å². The van der Waals surface area contributed by atoms with Gasteiger partial charge in [-0.15, -0.1) is 0 Å². The van der Waals surface area contributed by atoms with Gasteiger partial charge in [0, 0.05) is 29.8 Å². The Morgan fingerprint density at radius 2 is 1.71 bits per heavy atom. The van der Waals surface area contributed by atoms with E-state index in [4.69, 9.17) is 20.9 Å². The van der Waals surface area contributed by atoms with E-state index in [1.807, 2.05) is 0 Å². The van der Waals surface area contributed by atoms with Crippen molar-refractivity contribution in [2.24, 2.45) is 0 Å². The first kappa shape index (κ1) is 25.7. The predicted molar refractivity (Wildman–Crippen MR) is 130 cm³/mol. The predicted octanol–water partition coefficient (Wildman–Crippen LogP) is 5.67. The van der Waals surface area contributed by atoms with Crippen LogP contribution < -0.4 is 16.2 Å². The van der Waals surface area contributed by atoms with Crippen LogP contribution in [0.4, 0.5) is 24.5 Å². The van der Waals surface area contributed by atoms with Crippen molar-refractivity contribution < 1.29 is 27.4 Å². The molecule has 0 fully saturated rings. The Balaban J connectivity index is 1.53. The molecule has 8 heteroatoms. The number of rotatable bonds is 10. The molecule has 3 aromatic carbocycles. The van der Waals surface area contributed by atoms with Gasteiger partial charge in [0.2, 0.25) is 0 Å². The van der Waals surface area contributed by atoms with Gasteiger partial charge in [-0.1, -0.05) is 30.3 Å². The van der Waals surface area contributed by atoms with Crippen LogP contribution >= 0.6 is 0 Å². The second kappa shape index (κ2) is 11.5. The fourth-order valence-corrected chi connectivity index (χ4v) is 3.28. The summed E-state index contributed by atoms with van der Waals surface area (Å²) in [6.45, 7) is 3.42. The number of esters is 1. The van der Waals surface area contributed by atoms with Crippen LogP contribution in [0.1, 0.15) is 28.2 Å². The molecule has 0 aliphatic heterocycles. The standard InChI is InChI=1S/C27H26F3N2O3/c1-18(24-12-9-22(31)16-25(24)32)17-34-26(33)13-6-19-4-10-23(11-5-19)35-27(29,30)21-7-2-20(3-8-21)14-15-28/h2-13,16,18H,1,14-15,17,31-32H2/b13-6+. The number of benzene rings is 3. The van der Waals surface area contributed by atoms with Crippen molar-refractivity contribution in [1.29, 1.82) is 0 Å². The van der Waals surface area contributed by atoms with Crippen LogP contribution in [0, 0.1) is 6.92 Å². The molecular formula is C27H26F3N2O3. The fourth-order valence-electron chi connectivity index (χ4n) is 3.28. The first-order valence-corrected chi connectivity index (χ1v) is 10.8. The minimum absolute atomic E-state index is 0.0217. The number of carbonyl (C=O) groups excluding carboxylic acids is 1. The molecule has 35 heavy (non-hydrogen) atoms. The minimum atomic E-state index is -3.56. The average molecular weight is 484 g/mol. The molecule has 0 saturated heterocycles. The molecule has 0 saturated carbocycles. The summed E-state index contributed by atoms with van der Waals surface area (Å²) >= 11 is 0. The summed E-state index contributed by atoms with van der Waals surface area (Å²) < 4.78 is 51.3. The number of anilines is 2. The maximum atomic E-state index is 14.4. The van der Waals surface area contributed by atoms with Crippen molar-refractivity contribution in [2.75, 3.05) is 24.7 Å². The first-order valence-electron chi connectivity index (χ1n) is 10.8. The summed E-state index contributed by atoms with van der Waals surface area (Å²) in [5.41, 5.74) is 14.2. The summed E-state index contributed by atoms with van der Waals surface area (Å²) in [5, 5.41) is 0. The Morgan fingerprint density at radius 3 is 2.34 bits per heavy atom. The normalized spacial score (nSPS) is 12.5. The number of hydrogen-bond donors (Lipinski definition) is 2. The molecule has 0 aliphatic rings. The van der Waals surface area contributed by atoms with E-state index in [0.29, 0.717) is 22.5 Å². The highest BCUT2D eigenvalue weighted by molar-refractivity contribution is 5.87. The van der Waals surface area contributed by atoms with Crippen molar-refractivity contribution >= 4 is 23.4 Å². The van der Waals surface area contributed by atoms with E-state index in [0.717, 1.165) is 5.56 Å². The Kier molecular flexibility index (Phi) is 8.41. The van der Waals surface area contributed by atoms with E-state index >= 15 is 0 Å². The molecule has 0 bridgehead atoms. The van der Waals surface area contributed by atoms with Crippen LogP contribution in [0.15, 0.2) is 72.8 Å². The summed E-state index contributed by atoms with van der Waals surface area (Å²) in [4.78, 5) is 12.0. The van der Waals surface area contributed by atoms with Gasteiger partial charge in [0.05, 0.1) is 18.8 Å². The van der Waals surface area contributed by atoms with Crippen molar-refractivity contribution in [3.8, 4) is 5.75 Å². The fraction of sp³-hybridized carbons (Fsp3) is 0.185. The van der Waals surface area contributed by atoms with Crippen molar-refractivity contribution in [3.05, 3.63) is 102 Å². The molecule has 0 spiro atoms. The molecule has 5 nitrogen and oxygen atoms in total. The summed E-state index contributed by atoms with van der Waals surface area (Å²) in [7, 11) is 0. The highest BCUT2D eigenvalue weighted by Gasteiger charge is 2.34. The third-order valence-electron chi connectivity index (χ3n) is 5.19. The minimum Gasteiger partial charge on any atom is -0.462 e.